The Bertz CT molecular complexity index is 830. The molecule has 96 valence electrons. The van der Waals surface area contributed by atoms with Gasteiger partial charge >= 0.3 is 0 Å². The number of hydrogen-bond acceptors (Lipinski definition) is 1. The van der Waals surface area contributed by atoms with Crippen molar-refractivity contribution in [2.45, 2.75) is 13.8 Å². The van der Waals surface area contributed by atoms with E-state index >= 15 is 0 Å². The van der Waals surface area contributed by atoms with Crippen molar-refractivity contribution >= 4 is 23.3 Å². The van der Waals surface area contributed by atoms with Crippen molar-refractivity contribution in [1.29, 1.82) is 0 Å². The molecule has 1 heterocycles. The Labute approximate surface area is 115 Å². The van der Waals surface area contributed by atoms with E-state index in [-0.39, 0.29) is 5.82 Å². The smallest absolute Gasteiger partial charge is 0.182 e. The molecule has 0 saturated carbocycles. The fraction of sp³-hybridized carbons (Fsp3) is 0.133. The number of halogens is 1. The van der Waals surface area contributed by atoms with Gasteiger partial charge in [-0.05, 0) is 55.4 Å². The molecule has 0 bridgehead atoms. The van der Waals surface area contributed by atoms with E-state index in [4.69, 9.17) is 12.2 Å². The molecular formula is C15H13FN2S. The number of fused-ring (bicyclic) bond motifs is 1. The summed E-state index contributed by atoms with van der Waals surface area (Å²) in [6, 6.07) is 10.7. The lowest BCUT2D eigenvalue weighted by atomic mass is 10.1. The second-order valence-electron chi connectivity index (χ2n) is 4.67. The Morgan fingerprint density at radius 3 is 2.68 bits per heavy atom. The van der Waals surface area contributed by atoms with Crippen LogP contribution in [0.1, 0.15) is 11.1 Å². The number of imidazole rings is 1. The maximum atomic E-state index is 13.5. The van der Waals surface area contributed by atoms with Gasteiger partial charge in [0.05, 0.1) is 16.7 Å². The molecule has 19 heavy (non-hydrogen) atoms. The van der Waals surface area contributed by atoms with E-state index in [1.165, 1.54) is 12.1 Å². The number of nitrogens with one attached hydrogen (secondary N) is 1. The second kappa shape index (κ2) is 4.31. The van der Waals surface area contributed by atoms with Crippen LogP contribution >= 0.6 is 12.2 Å². The third-order valence-corrected chi connectivity index (χ3v) is 3.62. The topological polar surface area (TPSA) is 20.7 Å². The van der Waals surface area contributed by atoms with Gasteiger partial charge in [-0.2, -0.15) is 0 Å². The predicted octanol–water partition coefficient (Wildman–Crippen LogP) is 4.44. The van der Waals surface area contributed by atoms with Gasteiger partial charge < -0.3 is 4.98 Å². The standard InChI is InChI=1S/C15H13FN2S/c1-9-6-7-11(16)8-13(9)18-12-5-3-4-10(2)14(12)17-15(18)19/h3-8H,1-2H3,(H,17,19). The van der Waals surface area contributed by atoms with E-state index < -0.39 is 0 Å². The molecule has 0 aliphatic carbocycles. The van der Waals surface area contributed by atoms with Gasteiger partial charge in [0.25, 0.3) is 0 Å². The van der Waals surface area contributed by atoms with Gasteiger partial charge in [0.2, 0.25) is 0 Å². The first kappa shape index (κ1) is 12.1. The highest BCUT2D eigenvalue weighted by Gasteiger charge is 2.10. The summed E-state index contributed by atoms with van der Waals surface area (Å²) in [7, 11) is 0. The van der Waals surface area contributed by atoms with Crippen molar-refractivity contribution in [2.24, 2.45) is 0 Å². The van der Waals surface area contributed by atoms with Crippen molar-refractivity contribution in [1.82, 2.24) is 9.55 Å². The average molecular weight is 272 g/mol. The van der Waals surface area contributed by atoms with Crippen LogP contribution < -0.4 is 0 Å². The van der Waals surface area contributed by atoms with Crippen LogP contribution in [0, 0.1) is 24.4 Å². The molecule has 2 aromatic carbocycles. The number of para-hydroxylation sites is 1. The minimum absolute atomic E-state index is 0.260. The molecule has 0 aliphatic rings. The Morgan fingerprint density at radius 2 is 1.89 bits per heavy atom. The van der Waals surface area contributed by atoms with Crippen LogP contribution in [0.2, 0.25) is 0 Å². The lowest BCUT2D eigenvalue weighted by molar-refractivity contribution is 0.626. The minimum Gasteiger partial charge on any atom is -0.330 e. The van der Waals surface area contributed by atoms with Crippen LogP contribution in [0.5, 0.6) is 0 Å². The van der Waals surface area contributed by atoms with Crippen molar-refractivity contribution < 1.29 is 4.39 Å². The first-order valence-electron chi connectivity index (χ1n) is 6.05. The monoisotopic (exact) mass is 272 g/mol. The minimum atomic E-state index is -0.260. The number of aromatic nitrogens is 2. The van der Waals surface area contributed by atoms with Crippen molar-refractivity contribution in [2.75, 3.05) is 0 Å². The fourth-order valence-electron chi connectivity index (χ4n) is 2.34. The molecule has 4 heteroatoms. The largest absolute Gasteiger partial charge is 0.330 e. The Balaban J connectivity index is 2.43. The number of aromatic amines is 1. The summed E-state index contributed by atoms with van der Waals surface area (Å²) < 4.78 is 16.0. The van der Waals surface area contributed by atoms with Gasteiger partial charge in [0.15, 0.2) is 4.77 Å². The predicted molar refractivity (Wildman–Crippen MR) is 77.9 cm³/mol. The zero-order valence-corrected chi connectivity index (χ0v) is 11.5. The van der Waals surface area contributed by atoms with E-state index in [9.17, 15) is 4.39 Å². The Morgan fingerprint density at radius 1 is 1.11 bits per heavy atom. The summed E-state index contributed by atoms with van der Waals surface area (Å²) in [6.45, 7) is 3.97. The molecule has 3 aromatic rings. The lowest BCUT2D eigenvalue weighted by Gasteiger charge is -2.08. The normalized spacial score (nSPS) is 11.1. The van der Waals surface area contributed by atoms with Gasteiger partial charge in [-0.1, -0.05) is 18.2 Å². The lowest BCUT2D eigenvalue weighted by Crippen LogP contribution is -1.98. The molecule has 0 spiro atoms. The van der Waals surface area contributed by atoms with Gasteiger partial charge in [0.1, 0.15) is 5.82 Å². The summed E-state index contributed by atoms with van der Waals surface area (Å²) in [5, 5.41) is 0. The number of nitrogens with zero attached hydrogens (tertiary/aromatic N) is 1. The second-order valence-corrected chi connectivity index (χ2v) is 5.05. The van der Waals surface area contributed by atoms with Crippen molar-refractivity contribution in [3.63, 3.8) is 0 Å². The third kappa shape index (κ3) is 1.88. The highest BCUT2D eigenvalue weighted by atomic mass is 32.1. The zero-order chi connectivity index (χ0) is 13.6. The zero-order valence-electron chi connectivity index (χ0n) is 10.7. The maximum absolute atomic E-state index is 13.5. The first-order chi connectivity index (χ1) is 9.08. The average Bonchev–Trinajstić information content (AvgIpc) is 2.70. The molecule has 0 aliphatic heterocycles. The molecule has 1 aromatic heterocycles. The fourth-order valence-corrected chi connectivity index (χ4v) is 2.63. The highest BCUT2D eigenvalue weighted by molar-refractivity contribution is 7.71. The van der Waals surface area contributed by atoms with E-state index in [0.717, 1.165) is 27.8 Å². The number of aryl methyl sites for hydroxylation is 2. The molecule has 0 amide bonds. The van der Waals surface area contributed by atoms with Crippen LogP contribution in [0.25, 0.3) is 16.7 Å². The summed E-state index contributed by atoms with van der Waals surface area (Å²) in [5.41, 5.74) is 4.85. The third-order valence-electron chi connectivity index (χ3n) is 3.34. The van der Waals surface area contributed by atoms with Crippen LogP contribution in [-0.4, -0.2) is 9.55 Å². The van der Waals surface area contributed by atoms with Gasteiger partial charge in [0, 0.05) is 0 Å². The van der Waals surface area contributed by atoms with E-state index in [0.29, 0.717) is 4.77 Å². The molecule has 0 radical (unpaired) electrons. The summed E-state index contributed by atoms with van der Waals surface area (Å²) in [5.74, 6) is -0.260. The van der Waals surface area contributed by atoms with Crippen molar-refractivity contribution in [3.8, 4) is 5.69 Å². The van der Waals surface area contributed by atoms with E-state index in [1.54, 1.807) is 6.07 Å². The quantitative estimate of drug-likeness (QED) is 0.649. The molecule has 0 saturated heterocycles. The molecule has 0 fully saturated rings. The summed E-state index contributed by atoms with van der Waals surface area (Å²) >= 11 is 5.38. The Kier molecular flexibility index (Phi) is 2.75. The summed E-state index contributed by atoms with van der Waals surface area (Å²) in [4.78, 5) is 3.20. The van der Waals surface area contributed by atoms with Crippen LogP contribution in [-0.2, 0) is 0 Å². The SMILES string of the molecule is Cc1ccc(F)cc1-n1c(=S)[nH]c2c(C)cccc21. The number of benzene rings is 2. The van der Waals surface area contributed by atoms with Crippen molar-refractivity contribution in [3.05, 3.63) is 58.1 Å². The molecule has 0 atom stereocenters. The number of H-pyrrole nitrogens is 1. The van der Waals surface area contributed by atoms with Gasteiger partial charge in [-0.25, -0.2) is 4.39 Å². The molecule has 2 nitrogen and oxygen atoms in total. The van der Waals surface area contributed by atoms with Crippen LogP contribution in [0.4, 0.5) is 4.39 Å². The van der Waals surface area contributed by atoms with E-state index in [1.807, 2.05) is 36.6 Å². The Hall–Kier alpha value is -1.94. The number of rotatable bonds is 1. The van der Waals surface area contributed by atoms with Crippen LogP contribution in [0.15, 0.2) is 36.4 Å². The maximum Gasteiger partial charge on any atom is 0.182 e. The first-order valence-corrected chi connectivity index (χ1v) is 6.45. The van der Waals surface area contributed by atoms with Gasteiger partial charge in [-0.3, -0.25) is 4.57 Å². The summed E-state index contributed by atoms with van der Waals surface area (Å²) in [6.07, 6.45) is 0. The number of hydrogen-bond donors (Lipinski definition) is 1. The molecular weight excluding hydrogens is 259 g/mol. The van der Waals surface area contributed by atoms with Crippen LogP contribution in [0.3, 0.4) is 0 Å². The molecule has 3 rings (SSSR count). The molecule has 1 N–H and O–H groups in total. The van der Waals surface area contributed by atoms with E-state index in [2.05, 4.69) is 4.98 Å². The molecule has 0 unspecified atom stereocenters. The van der Waals surface area contributed by atoms with Gasteiger partial charge in [-0.15, -0.1) is 0 Å². The highest BCUT2D eigenvalue weighted by Crippen LogP contribution is 2.24.